The van der Waals surface area contributed by atoms with Crippen molar-refractivity contribution in [3.63, 3.8) is 0 Å². The Kier molecular flexibility index (Phi) is 5.76. The fourth-order valence-corrected chi connectivity index (χ4v) is 1.86. The third-order valence-corrected chi connectivity index (χ3v) is 2.93. The van der Waals surface area contributed by atoms with Crippen LogP contribution in [0.1, 0.15) is 12.0 Å². The number of carbonyl (C=O) groups is 1. The summed E-state index contributed by atoms with van der Waals surface area (Å²) >= 11 is 0. The highest BCUT2D eigenvalue weighted by molar-refractivity contribution is 5.78. The van der Waals surface area contributed by atoms with E-state index in [0.717, 1.165) is 5.56 Å². The van der Waals surface area contributed by atoms with Crippen molar-refractivity contribution in [1.29, 1.82) is 0 Å². The maximum absolute atomic E-state index is 12.7. The van der Waals surface area contributed by atoms with Gasteiger partial charge in [-0.2, -0.15) is 0 Å². The van der Waals surface area contributed by atoms with E-state index >= 15 is 0 Å². The molecule has 0 spiro atoms. The Hall–Kier alpha value is -2.36. The van der Waals surface area contributed by atoms with Crippen LogP contribution in [0.15, 0.2) is 54.6 Å². The summed E-state index contributed by atoms with van der Waals surface area (Å²) in [5.41, 5.74) is 0.998. The van der Waals surface area contributed by atoms with Crippen LogP contribution >= 0.6 is 0 Å². The molecule has 3 nitrogen and oxygen atoms in total. The van der Waals surface area contributed by atoms with Crippen LogP contribution in [0, 0.1) is 5.82 Å². The van der Waals surface area contributed by atoms with Gasteiger partial charge < -0.3 is 10.1 Å². The van der Waals surface area contributed by atoms with Gasteiger partial charge in [-0.1, -0.05) is 30.3 Å². The molecule has 4 heteroatoms. The van der Waals surface area contributed by atoms with Crippen LogP contribution in [-0.2, 0) is 11.2 Å². The van der Waals surface area contributed by atoms with Crippen molar-refractivity contribution in [2.45, 2.75) is 12.8 Å². The van der Waals surface area contributed by atoms with Gasteiger partial charge >= 0.3 is 0 Å². The summed E-state index contributed by atoms with van der Waals surface area (Å²) in [7, 11) is 0. The molecule has 0 aliphatic carbocycles. The molecule has 2 aromatic carbocycles. The minimum Gasteiger partial charge on any atom is -0.494 e. The Balaban J connectivity index is 1.59. The molecule has 0 aliphatic rings. The summed E-state index contributed by atoms with van der Waals surface area (Å²) in [6.07, 6.45) is 1.09. The largest absolute Gasteiger partial charge is 0.494 e. The maximum Gasteiger partial charge on any atom is 0.224 e. The van der Waals surface area contributed by atoms with Gasteiger partial charge in [-0.15, -0.1) is 0 Å². The Morgan fingerprint density at radius 1 is 1.05 bits per heavy atom. The Bertz CT molecular complexity index is 555. The molecule has 0 fully saturated rings. The van der Waals surface area contributed by atoms with Gasteiger partial charge in [-0.3, -0.25) is 4.79 Å². The molecular formula is C17H18FNO2. The average Bonchev–Trinajstić information content (AvgIpc) is 2.50. The van der Waals surface area contributed by atoms with Crippen LogP contribution in [0.5, 0.6) is 5.75 Å². The molecule has 0 bridgehead atoms. The third-order valence-electron chi connectivity index (χ3n) is 2.93. The van der Waals surface area contributed by atoms with Crippen molar-refractivity contribution in [1.82, 2.24) is 5.32 Å². The van der Waals surface area contributed by atoms with E-state index in [9.17, 15) is 9.18 Å². The van der Waals surface area contributed by atoms with Crippen LogP contribution in [0.4, 0.5) is 4.39 Å². The van der Waals surface area contributed by atoms with Crippen molar-refractivity contribution in [2.75, 3.05) is 13.2 Å². The van der Waals surface area contributed by atoms with Gasteiger partial charge in [0.15, 0.2) is 0 Å². The minimum atomic E-state index is -0.282. The molecule has 1 amide bonds. The number of hydrogen-bond acceptors (Lipinski definition) is 2. The lowest BCUT2D eigenvalue weighted by atomic mass is 10.1. The van der Waals surface area contributed by atoms with Crippen LogP contribution in [0.2, 0.25) is 0 Å². The first kappa shape index (κ1) is 15.0. The van der Waals surface area contributed by atoms with Gasteiger partial charge in [-0.05, 0) is 36.2 Å². The van der Waals surface area contributed by atoms with E-state index in [1.54, 1.807) is 12.1 Å². The molecule has 0 aromatic heterocycles. The number of amides is 1. The molecule has 21 heavy (non-hydrogen) atoms. The van der Waals surface area contributed by atoms with E-state index in [1.807, 2.05) is 30.3 Å². The van der Waals surface area contributed by atoms with Gasteiger partial charge in [0, 0.05) is 6.54 Å². The standard InChI is InChI=1S/C17H18FNO2/c18-15-7-9-16(10-8-15)21-12-4-11-19-17(20)13-14-5-2-1-3-6-14/h1-3,5-10H,4,11-13H2,(H,19,20). The van der Waals surface area contributed by atoms with E-state index in [4.69, 9.17) is 4.74 Å². The van der Waals surface area contributed by atoms with E-state index in [-0.39, 0.29) is 11.7 Å². The predicted molar refractivity (Wildman–Crippen MR) is 79.7 cm³/mol. The zero-order valence-electron chi connectivity index (χ0n) is 11.7. The van der Waals surface area contributed by atoms with Crippen molar-refractivity contribution in [3.8, 4) is 5.75 Å². The molecule has 0 saturated heterocycles. The summed E-state index contributed by atoms with van der Waals surface area (Å²) in [5, 5.41) is 2.85. The van der Waals surface area contributed by atoms with Crippen LogP contribution in [-0.4, -0.2) is 19.1 Å². The van der Waals surface area contributed by atoms with Gasteiger partial charge in [0.25, 0.3) is 0 Å². The number of rotatable bonds is 7. The number of hydrogen-bond donors (Lipinski definition) is 1. The zero-order valence-corrected chi connectivity index (χ0v) is 11.7. The highest BCUT2D eigenvalue weighted by atomic mass is 19.1. The number of carbonyl (C=O) groups excluding carboxylic acids is 1. The topological polar surface area (TPSA) is 38.3 Å². The highest BCUT2D eigenvalue weighted by Gasteiger charge is 2.02. The van der Waals surface area contributed by atoms with Gasteiger partial charge in [-0.25, -0.2) is 4.39 Å². The molecule has 0 aliphatic heterocycles. The molecule has 110 valence electrons. The molecule has 0 radical (unpaired) electrons. The van der Waals surface area contributed by atoms with Crippen LogP contribution in [0.3, 0.4) is 0 Å². The molecule has 0 unspecified atom stereocenters. The van der Waals surface area contributed by atoms with Crippen LogP contribution in [0.25, 0.3) is 0 Å². The Labute approximate surface area is 123 Å². The van der Waals surface area contributed by atoms with Crippen LogP contribution < -0.4 is 10.1 Å². The molecule has 0 saturated carbocycles. The van der Waals surface area contributed by atoms with Gasteiger partial charge in [0.1, 0.15) is 11.6 Å². The van der Waals surface area contributed by atoms with E-state index < -0.39 is 0 Å². The lowest BCUT2D eigenvalue weighted by Crippen LogP contribution is -2.27. The SMILES string of the molecule is O=C(Cc1ccccc1)NCCCOc1ccc(F)cc1. The first-order valence-electron chi connectivity index (χ1n) is 6.93. The second-order valence-corrected chi connectivity index (χ2v) is 4.67. The molecule has 2 aromatic rings. The lowest BCUT2D eigenvalue weighted by molar-refractivity contribution is -0.120. The summed E-state index contributed by atoms with van der Waals surface area (Å²) in [6.45, 7) is 1.05. The summed E-state index contributed by atoms with van der Waals surface area (Å²) < 4.78 is 18.1. The summed E-state index contributed by atoms with van der Waals surface area (Å²) in [4.78, 5) is 11.7. The van der Waals surface area contributed by atoms with Crippen molar-refractivity contribution in [3.05, 3.63) is 66.0 Å². The minimum absolute atomic E-state index is 0.00276. The zero-order chi connectivity index (χ0) is 14.9. The Morgan fingerprint density at radius 3 is 2.48 bits per heavy atom. The second kappa shape index (κ2) is 8.04. The first-order chi connectivity index (χ1) is 10.2. The van der Waals surface area contributed by atoms with Crippen molar-refractivity contribution in [2.24, 2.45) is 0 Å². The molecule has 0 heterocycles. The summed E-state index contributed by atoms with van der Waals surface area (Å²) in [5.74, 6) is 0.352. The Morgan fingerprint density at radius 2 is 1.76 bits per heavy atom. The quantitative estimate of drug-likeness (QED) is 0.795. The fraction of sp³-hybridized carbons (Fsp3) is 0.235. The van der Waals surface area contributed by atoms with Crippen molar-refractivity contribution < 1.29 is 13.9 Å². The molecule has 1 N–H and O–H groups in total. The molecular weight excluding hydrogens is 269 g/mol. The first-order valence-corrected chi connectivity index (χ1v) is 6.93. The van der Waals surface area contributed by atoms with Gasteiger partial charge in [0.05, 0.1) is 13.0 Å². The maximum atomic E-state index is 12.7. The van der Waals surface area contributed by atoms with E-state index in [0.29, 0.717) is 31.7 Å². The average molecular weight is 287 g/mol. The summed E-state index contributed by atoms with van der Waals surface area (Å²) in [6, 6.07) is 15.5. The fourth-order valence-electron chi connectivity index (χ4n) is 1.86. The van der Waals surface area contributed by atoms with E-state index in [2.05, 4.69) is 5.32 Å². The van der Waals surface area contributed by atoms with Crippen molar-refractivity contribution >= 4 is 5.91 Å². The lowest BCUT2D eigenvalue weighted by Gasteiger charge is -2.07. The highest BCUT2D eigenvalue weighted by Crippen LogP contribution is 2.10. The smallest absolute Gasteiger partial charge is 0.224 e. The van der Waals surface area contributed by atoms with E-state index in [1.165, 1.54) is 12.1 Å². The van der Waals surface area contributed by atoms with Gasteiger partial charge in [0.2, 0.25) is 5.91 Å². The normalized spacial score (nSPS) is 10.1. The predicted octanol–water partition coefficient (Wildman–Crippen LogP) is 2.95. The number of ether oxygens (including phenoxy) is 1. The monoisotopic (exact) mass is 287 g/mol. The number of halogens is 1. The number of nitrogens with one attached hydrogen (secondary N) is 1. The second-order valence-electron chi connectivity index (χ2n) is 4.67. The third kappa shape index (κ3) is 5.65. The molecule has 2 rings (SSSR count). The number of benzene rings is 2. The molecule has 0 atom stereocenters.